The first-order valence-corrected chi connectivity index (χ1v) is 8.17. The average Bonchev–Trinajstić information content (AvgIpc) is 2.87. The molecule has 1 saturated heterocycles. The van der Waals surface area contributed by atoms with E-state index in [0.717, 1.165) is 45.7 Å². The van der Waals surface area contributed by atoms with Gasteiger partial charge in [-0.3, -0.25) is 4.90 Å². The van der Waals surface area contributed by atoms with Crippen LogP contribution in [0.15, 0.2) is 12.1 Å². The lowest BCUT2D eigenvalue weighted by molar-refractivity contribution is 0.102. The van der Waals surface area contributed by atoms with Gasteiger partial charge in [-0.2, -0.15) is 0 Å². The SMILES string of the molecule is CCc1ccc(CNCC(C)(C)N2CCNCC2)s1. The molecule has 1 aromatic heterocycles. The maximum Gasteiger partial charge on any atom is 0.0300 e. The molecule has 0 atom stereocenters. The van der Waals surface area contributed by atoms with E-state index in [1.165, 1.54) is 9.75 Å². The van der Waals surface area contributed by atoms with E-state index in [1.807, 2.05) is 11.3 Å². The Kier molecular flexibility index (Phi) is 5.39. The molecule has 0 radical (unpaired) electrons. The van der Waals surface area contributed by atoms with Gasteiger partial charge in [-0.1, -0.05) is 6.92 Å². The second-order valence-electron chi connectivity index (χ2n) is 5.87. The zero-order chi connectivity index (χ0) is 13.7. The maximum atomic E-state index is 3.63. The van der Waals surface area contributed by atoms with Crippen molar-refractivity contribution in [3.63, 3.8) is 0 Å². The van der Waals surface area contributed by atoms with Gasteiger partial charge in [-0.25, -0.2) is 0 Å². The molecule has 0 spiro atoms. The molecule has 1 aliphatic rings. The molecular formula is C15H27N3S. The molecule has 0 amide bonds. The summed E-state index contributed by atoms with van der Waals surface area (Å²) >= 11 is 1.93. The highest BCUT2D eigenvalue weighted by Crippen LogP contribution is 2.18. The maximum absolute atomic E-state index is 3.63. The minimum absolute atomic E-state index is 0.243. The van der Waals surface area contributed by atoms with Crippen molar-refractivity contribution < 1.29 is 0 Å². The Morgan fingerprint density at radius 2 is 1.95 bits per heavy atom. The molecule has 2 N–H and O–H groups in total. The monoisotopic (exact) mass is 281 g/mol. The van der Waals surface area contributed by atoms with E-state index < -0.39 is 0 Å². The minimum Gasteiger partial charge on any atom is -0.314 e. The lowest BCUT2D eigenvalue weighted by atomic mass is 10.0. The second-order valence-corrected chi connectivity index (χ2v) is 7.13. The van der Waals surface area contributed by atoms with E-state index in [4.69, 9.17) is 0 Å². The van der Waals surface area contributed by atoms with Gasteiger partial charge in [0.1, 0.15) is 0 Å². The molecule has 1 aromatic rings. The van der Waals surface area contributed by atoms with Crippen LogP contribution in [0.3, 0.4) is 0 Å². The van der Waals surface area contributed by atoms with Crippen LogP contribution in [-0.4, -0.2) is 43.2 Å². The van der Waals surface area contributed by atoms with Crippen LogP contribution in [0.25, 0.3) is 0 Å². The van der Waals surface area contributed by atoms with Gasteiger partial charge < -0.3 is 10.6 Å². The standard InChI is InChI=1S/C15H27N3S/c1-4-13-5-6-14(19-13)11-17-12-15(2,3)18-9-7-16-8-10-18/h5-6,16-17H,4,7-12H2,1-3H3. The van der Waals surface area contributed by atoms with Crippen molar-refractivity contribution in [3.05, 3.63) is 21.9 Å². The van der Waals surface area contributed by atoms with Crippen LogP contribution in [0.5, 0.6) is 0 Å². The molecule has 0 aliphatic carbocycles. The van der Waals surface area contributed by atoms with Crippen LogP contribution >= 0.6 is 11.3 Å². The van der Waals surface area contributed by atoms with Gasteiger partial charge >= 0.3 is 0 Å². The zero-order valence-corrected chi connectivity index (χ0v) is 13.3. The Balaban J connectivity index is 1.77. The summed E-state index contributed by atoms with van der Waals surface area (Å²) < 4.78 is 0. The Hall–Kier alpha value is -0.420. The molecular weight excluding hydrogens is 254 g/mol. The molecule has 1 aliphatic heterocycles. The predicted molar refractivity (Wildman–Crippen MR) is 83.9 cm³/mol. The van der Waals surface area contributed by atoms with Gasteiger partial charge in [0.25, 0.3) is 0 Å². The summed E-state index contributed by atoms with van der Waals surface area (Å²) in [5, 5.41) is 7.04. The number of aryl methyl sites for hydroxylation is 1. The van der Waals surface area contributed by atoms with E-state index >= 15 is 0 Å². The fourth-order valence-electron chi connectivity index (χ4n) is 2.58. The Morgan fingerprint density at radius 3 is 2.58 bits per heavy atom. The zero-order valence-electron chi connectivity index (χ0n) is 12.5. The van der Waals surface area contributed by atoms with E-state index in [2.05, 4.69) is 48.4 Å². The quantitative estimate of drug-likeness (QED) is 0.836. The van der Waals surface area contributed by atoms with Crippen molar-refractivity contribution >= 4 is 11.3 Å². The summed E-state index contributed by atoms with van der Waals surface area (Å²) in [7, 11) is 0. The molecule has 19 heavy (non-hydrogen) atoms. The van der Waals surface area contributed by atoms with Crippen LogP contribution < -0.4 is 10.6 Å². The molecule has 2 heterocycles. The van der Waals surface area contributed by atoms with E-state index in [9.17, 15) is 0 Å². The van der Waals surface area contributed by atoms with Crippen molar-refractivity contribution in [2.24, 2.45) is 0 Å². The average molecular weight is 281 g/mol. The molecule has 0 aromatic carbocycles. The highest BCUT2D eigenvalue weighted by Gasteiger charge is 2.27. The molecule has 2 rings (SSSR count). The van der Waals surface area contributed by atoms with Crippen LogP contribution in [0.1, 0.15) is 30.5 Å². The third-order valence-electron chi connectivity index (χ3n) is 3.90. The molecule has 4 heteroatoms. The number of thiophene rings is 1. The lowest BCUT2D eigenvalue weighted by Crippen LogP contribution is -2.57. The van der Waals surface area contributed by atoms with Crippen molar-refractivity contribution in [2.45, 2.75) is 39.3 Å². The summed E-state index contributed by atoms with van der Waals surface area (Å²) in [6.45, 7) is 13.5. The van der Waals surface area contributed by atoms with E-state index in [1.54, 1.807) is 0 Å². The second kappa shape index (κ2) is 6.84. The molecule has 0 unspecified atom stereocenters. The first kappa shape index (κ1) is 15.0. The number of hydrogen-bond donors (Lipinski definition) is 2. The summed E-state index contributed by atoms with van der Waals surface area (Å²) in [6.07, 6.45) is 1.15. The van der Waals surface area contributed by atoms with Crippen LogP contribution in [0.4, 0.5) is 0 Å². The predicted octanol–water partition coefficient (Wildman–Crippen LogP) is 2.08. The highest BCUT2D eigenvalue weighted by atomic mass is 32.1. The Labute approximate surface area is 121 Å². The molecule has 0 saturated carbocycles. The van der Waals surface area contributed by atoms with Crippen molar-refractivity contribution in [1.29, 1.82) is 0 Å². The normalized spacial score (nSPS) is 17.8. The van der Waals surface area contributed by atoms with Crippen LogP contribution in [-0.2, 0) is 13.0 Å². The van der Waals surface area contributed by atoms with Crippen molar-refractivity contribution in [1.82, 2.24) is 15.5 Å². The van der Waals surface area contributed by atoms with Crippen LogP contribution in [0, 0.1) is 0 Å². The fraction of sp³-hybridized carbons (Fsp3) is 0.733. The summed E-state index contributed by atoms with van der Waals surface area (Å²) in [5.74, 6) is 0. The lowest BCUT2D eigenvalue weighted by Gasteiger charge is -2.41. The summed E-state index contributed by atoms with van der Waals surface area (Å²) in [4.78, 5) is 5.52. The van der Waals surface area contributed by atoms with Gasteiger partial charge in [0.15, 0.2) is 0 Å². The third kappa shape index (κ3) is 4.28. The Bertz CT molecular complexity index is 380. The number of hydrogen-bond acceptors (Lipinski definition) is 4. The van der Waals surface area contributed by atoms with Crippen molar-refractivity contribution in [3.8, 4) is 0 Å². The number of nitrogens with zero attached hydrogens (tertiary/aromatic N) is 1. The van der Waals surface area contributed by atoms with Gasteiger partial charge in [-0.15, -0.1) is 11.3 Å². The van der Waals surface area contributed by atoms with Crippen molar-refractivity contribution in [2.75, 3.05) is 32.7 Å². The molecule has 108 valence electrons. The minimum atomic E-state index is 0.243. The molecule has 1 fully saturated rings. The highest BCUT2D eigenvalue weighted by molar-refractivity contribution is 7.11. The molecule has 0 bridgehead atoms. The Morgan fingerprint density at radius 1 is 1.26 bits per heavy atom. The van der Waals surface area contributed by atoms with Gasteiger partial charge in [0.05, 0.1) is 0 Å². The summed E-state index contributed by atoms with van der Waals surface area (Å²) in [5.41, 5.74) is 0.243. The van der Waals surface area contributed by atoms with Crippen LogP contribution in [0.2, 0.25) is 0 Å². The first-order chi connectivity index (χ1) is 9.12. The van der Waals surface area contributed by atoms with Gasteiger partial charge in [0.2, 0.25) is 0 Å². The molecule has 3 nitrogen and oxygen atoms in total. The first-order valence-electron chi connectivity index (χ1n) is 7.36. The largest absolute Gasteiger partial charge is 0.314 e. The summed E-state index contributed by atoms with van der Waals surface area (Å²) in [6, 6.07) is 4.51. The number of nitrogens with one attached hydrogen (secondary N) is 2. The van der Waals surface area contributed by atoms with Gasteiger partial charge in [-0.05, 0) is 32.4 Å². The van der Waals surface area contributed by atoms with Gasteiger partial charge in [0, 0.05) is 54.6 Å². The van der Waals surface area contributed by atoms with E-state index in [-0.39, 0.29) is 5.54 Å². The topological polar surface area (TPSA) is 27.3 Å². The van der Waals surface area contributed by atoms with E-state index in [0.29, 0.717) is 0 Å². The third-order valence-corrected chi connectivity index (χ3v) is 5.13. The number of rotatable bonds is 6. The smallest absolute Gasteiger partial charge is 0.0300 e. The number of piperazine rings is 1. The fourth-order valence-corrected chi connectivity index (χ4v) is 3.51.